The van der Waals surface area contributed by atoms with Crippen molar-refractivity contribution in [3.63, 3.8) is 0 Å². The molecule has 0 saturated heterocycles. The molecule has 0 heterocycles. The Morgan fingerprint density at radius 3 is 2.10 bits per heavy atom. The highest BCUT2D eigenvalue weighted by Crippen LogP contribution is 2.26. The maximum Gasteiger partial charge on any atom is 0.264 e. The van der Waals surface area contributed by atoms with Gasteiger partial charge in [0.05, 0.1) is 17.7 Å². The van der Waals surface area contributed by atoms with Crippen molar-refractivity contribution in [1.82, 2.24) is 10.2 Å². The molecule has 3 rings (SSSR count). The number of nitrogens with zero attached hydrogens (tertiary/aromatic N) is 2. The van der Waals surface area contributed by atoms with Gasteiger partial charge in [-0.1, -0.05) is 60.1 Å². The number of benzene rings is 3. The minimum absolute atomic E-state index is 0.0603. The molecule has 0 aliphatic rings. The number of carbonyl (C=O) groups is 2. The van der Waals surface area contributed by atoms with Gasteiger partial charge in [0, 0.05) is 17.6 Å². The molecular formula is C29H34BrN3O5S. The van der Waals surface area contributed by atoms with Crippen molar-refractivity contribution < 1.29 is 22.7 Å². The number of ether oxygens (including phenoxy) is 1. The standard InChI is InChI=1S/C29H34BrN3O5S/c1-21(2)18-31-29(35)22(3)32(19-23-10-16-26(38-4)17-11-23)28(34)20-33(25-14-12-24(30)13-15-25)39(36,37)27-8-6-5-7-9-27/h5-17,21-22H,18-20H2,1-4H3,(H,31,35). The molecule has 0 aliphatic heterocycles. The van der Waals surface area contributed by atoms with Gasteiger partial charge in [-0.15, -0.1) is 0 Å². The third-order valence-corrected chi connectivity index (χ3v) is 8.41. The highest BCUT2D eigenvalue weighted by atomic mass is 79.9. The summed E-state index contributed by atoms with van der Waals surface area (Å²) in [7, 11) is -2.53. The number of hydrogen-bond donors (Lipinski definition) is 1. The molecule has 1 unspecified atom stereocenters. The highest BCUT2D eigenvalue weighted by Gasteiger charge is 2.32. The number of sulfonamides is 1. The second-order valence-corrected chi connectivity index (χ2v) is 12.3. The Morgan fingerprint density at radius 2 is 1.54 bits per heavy atom. The number of anilines is 1. The van der Waals surface area contributed by atoms with Crippen LogP contribution in [-0.4, -0.2) is 51.4 Å². The average molecular weight is 617 g/mol. The van der Waals surface area contributed by atoms with Crippen LogP contribution in [0.3, 0.4) is 0 Å². The predicted molar refractivity (Wildman–Crippen MR) is 156 cm³/mol. The van der Waals surface area contributed by atoms with Crippen molar-refractivity contribution in [2.24, 2.45) is 5.92 Å². The molecule has 208 valence electrons. The van der Waals surface area contributed by atoms with Gasteiger partial charge in [0.15, 0.2) is 0 Å². The van der Waals surface area contributed by atoms with Crippen LogP contribution in [0.2, 0.25) is 0 Å². The lowest BCUT2D eigenvalue weighted by Gasteiger charge is -2.32. The molecule has 0 bridgehead atoms. The molecule has 10 heteroatoms. The number of hydrogen-bond acceptors (Lipinski definition) is 5. The van der Waals surface area contributed by atoms with E-state index in [9.17, 15) is 18.0 Å². The van der Waals surface area contributed by atoms with Crippen molar-refractivity contribution in [3.05, 3.63) is 88.9 Å². The molecule has 8 nitrogen and oxygen atoms in total. The van der Waals surface area contributed by atoms with Crippen LogP contribution in [0.15, 0.2) is 88.2 Å². The van der Waals surface area contributed by atoms with Gasteiger partial charge >= 0.3 is 0 Å². The van der Waals surface area contributed by atoms with E-state index in [-0.39, 0.29) is 23.3 Å². The summed E-state index contributed by atoms with van der Waals surface area (Å²) in [6, 6.07) is 21.0. The molecule has 2 amide bonds. The van der Waals surface area contributed by atoms with Crippen LogP contribution in [0, 0.1) is 5.92 Å². The van der Waals surface area contributed by atoms with E-state index >= 15 is 0 Å². The van der Waals surface area contributed by atoms with Gasteiger partial charge in [0.2, 0.25) is 11.8 Å². The lowest BCUT2D eigenvalue weighted by Crippen LogP contribution is -2.51. The third-order valence-electron chi connectivity index (χ3n) is 6.09. The third kappa shape index (κ3) is 8.06. The Bertz CT molecular complexity index is 1350. The van der Waals surface area contributed by atoms with Gasteiger partial charge in [0.1, 0.15) is 18.3 Å². The molecule has 3 aromatic rings. The quantitative estimate of drug-likeness (QED) is 0.314. The molecule has 0 fully saturated rings. The summed E-state index contributed by atoms with van der Waals surface area (Å²) >= 11 is 3.37. The van der Waals surface area contributed by atoms with Crippen LogP contribution in [0.4, 0.5) is 5.69 Å². The molecule has 0 aromatic heterocycles. The fourth-order valence-corrected chi connectivity index (χ4v) is 5.52. The smallest absolute Gasteiger partial charge is 0.264 e. The van der Waals surface area contributed by atoms with Gasteiger partial charge in [-0.05, 0) is 66.9 Å². The van der Waals surface area contributed by atoms with Crippen molar-refractivity contribution in [2.75, 3.05) is 24.5 Å². The summed E-state index contributed by atoms with van der Waals surface area (Å²) in [6.45, 7) is 5.69. The fourth-order valence-electron chi connectivity index (χ4n) is 3.82. The van der Waals surface area contributed by atoms with Crippen LogP contribution in [-0.2, 0) is 26.2 Å². The first-order chi connectivity index (χ1) is 18.5. The lowest BCUT2D eigenvalue weighted by molar-refractivity contribution is -0.139. The maximum atomic E-state index is 13.9. The highest BCUT2D eigenvalue weighted by molar-refractivity contribution is 9.10. The van der Waals surface area contributed by atoms with E-state index in [1.54, 1.807) is 68.6 Å². The van der Waals surface area contributed by atoms with Crippen LogP contribution in [0.25, 0.3) is 0 Å². The molecule has 0 aliphatic carbocycles. The van der Waals surface area contributed by atoms with Crippen LogP contribution in [0.5, 0.6) is 5.75 Å². The van der Waals surface area contributed by atoms with Gasteiger partial charge in [-0.25, -0.2) is 8.42 Å². The average Bonchev–Trinajstić information content (AvgIpc) is 2.94. The number of halogens is 1. The number of rotatable bonds is 12. The normalized spacial score (nSPS) is 12.1. The van der Waals surface area contributed by atoms with Crippen molar-refractivity contribution in [2.45, 2.75) is 38.3 Å². The first-order valence-corrected chi connectivity index (χ1v) is 14.8. The molecule has 0 radical (unpaired) electrons. The second-order valence-electron chi connectivity index (χ2n) is 9.49. The number of methoxy groups -OCH3 is 1. The molecule has 0 spiro atoms. The lowest BCUT2D eigenvalue weighted by atomic mass is 10.1. The Hall–Kier alpha value is -3.37. The van der Waals surface area contributed by atoms with Crippen molar-refractivity contribution >= 4 is 43.5 Å². The molecule has 3 aromatic carbocycles. The minimum atomic E-state index is -4.09. The van der Waals surface area contributed by atoms with E-state index in [4.69, 9.17) is 4.74 Å². The van der Waals surface area contributed by atoms with Gasteiger partial charge < -0.3 is 15.0 Å². The van der Waals surface area contributed by atoms with Crippen LogP contribution in [0.1, 0.15) is 26.3 Å². The molecule has 0 saturated carbocycles. The predicted octanol–water partition coefficient (Wildman–Crippen LogP) is 4.84. The van der Waals surface area contributed by atoms with Gasteiger partial charge in [-0.2, -0.15) is 0 Å². The maximum absolute atomic E-state index is 13.9. The molecule has 1 N–H and O–H groups in total. The second kappa shape index (κ2) is 13.6. The van der Waals surface area contributed by atoms with Crippen LogP contribution < -0.4 is 14.4 Å². The van der Waals surface area contributed by atoms with Gasteiger partial charge in [0.25, 0.3) is 10.0 Å². The number of carbonyl (C=O) groups excluding carboxylic acids is 2. The first kappa shape index (κ1) is 30.2. The summed E-state index contributed by atoms with van der Waals surface area (Å²) < 4.78 is 34.6. The van der Waals surface area contributed by atoms with Crippen molar-refractivity contribution in [3.8, 4) is 5.75 Å². The topological polar surface area (TPSA) is 96.0 Å². The molecular weight excluding hydrogens is 582 g/mol. The summed E-state index contributed by atoms with van der Waals surface area (Å²) in [5, 5.41) is 2.88. The van der Waals surface area contributed by atoms with E-state index in [1.165, 1.54) is 17.0 Å². The summed E-state index contributed by atoms with van der Waals surface area (Å²) in [4.78, 5) is 28.4. The molecule has 39 heavy (non-hydrogen) atoms. The monoisotopic (exact) mass is 615 g/mol. The van der Waals surface area contributed by atoms with Gasteiger partial charge in [-0.3, -0.25) is 13.9 Å². The first-order valence-electron chi connectivity index (χ1n) is 12.6. The zero-order chi connectivity index (χ0) is 28.6. The Balaban J connectivity index is 1.98. The van der Waals surface area contributed by atoms with E-state index in [0.717, 1.165) is 14.3 Å². The van der Waals surface area contributed by atoms with E-state index < -0.39 is 28.5 Å². The largest absolute Gasteiger partial charge is 0.497 e. The van der Waals surface area contributed by atoms with E-state index in [2.05, 4.69) is 21.2 Å². The molecule has 1 atom stereocenters. The minimum Gasteiger partial charge on any atom is -0.497 e. The number of amides is 2. The van der Waals surface area contributed by atoms with E-state index in [1.807, 2.05) is 26.0 Å². The number of nitrogens with one attached hydrogen (secondary N) is 1. The van der Waals surface area contributed by atoms with E-state index in [0.29, 0.717) is 18.0 Å². The summed E-state index contributed by atoms with van der Waals surface area (Å²) in [5.74, 6) is 0.0673. The van der Waals surface area contributed by atoms with Crippen LogP contribution >= 0.6 is 15.9 Å². The summed E-state index contributed by atoms with van der Waals surface area (Å²) in [6.07, 6.45) is 0. The Morgan fingerprint density at radius 1 is 0.923 bits per heavy atom. The Kier molecular flexibility index (Phi) is 10.5. The zero-order valence-corrected chi connectivity index (χ0v) is 24.9. The SMILES string of the molecule is COc1ccc(CN(C(=O)CN(c2ccc(Br)cc2)S(=O)(=O)c2ccccc2)C(C)C(=O)NCC(C)C)cc1. The zero-order valence-electron chi connectivity index (χ0n) is 22.5. The Labute approximate surface area is 239 Å². The van der Waals surface area contributed by atoms with Crippen molar-refractivity contribution in [1.29, 1.82) is 0 Å². The fraction of sp³-hybridized carbons (Fsp3) is 0.310. The summed E-state index contributed by atoms with van der Waals surface area (Å²) in [5.41, 5.74) is 1.10.